The lowest BCUT2D eigenvalue weighted by molar-refractivity contribution is -0.132. The van der Waals surface area contributed by atoms with Crippen LogP contribution in [0.4, 0.5) is 0 Å². The first-order valence-electron chi connectivity index (χ1n) is 7.80. The zero-order valence-electron chi connectivity index (χ0n) is 12.6. The van der Waals surface area contributed by atoms with Crippen molar-refractivity contribution >= 4 is 16.8 Å². The Labute approximate surface area is 125 Å². The molecule has 21 heavy (non-hydrogen) atoms. The van der Waals surface area contributed by atoms with Crippen LogP contribution in [0.25, 0.3) is 10.9 Å². The quantitative estimate of drug-likeness (QED) is 0.905. The number of nitrogens with one attached hydrogen (secondary N) is 2. The first-order valence-corrected chi connectivity index (χ1v) is 7.80. The van der Waals surface area contributed by atoms with Gasteiger partial charge in [0.15, 0.2) is 0 Å². The van der Waals surface area contributed by atoms with Crippen LogP contribution in [0, 0.1) is 0 Å². The third-order valence-corrected chi connectivity index (χ3v) is 4.23. The summed E-state index contributed by atoms with van der Waals surface area (Å²) in [5, 5.41) is 4.65. The van der Waals surface area contributed by atoms with Crippen LogP contribution in [0.15, 0.2) is 30.5 Å². The van der Waals surface area contributed by atoms with E-state index in [1.807, 2.05) is 11.0 Å². The number of carbonyl (C=O) groups excluding carboxylic acids is 1. The van der Waals surface area contributed by atoms with Gasteiger partial charge >= 0.3 is 0 Å². The van der Waals surface area contributed by atoms with Crippen LogP contribution in [0.1, 0.15) is 25.3 Å². The van der Waals surface area contributed by atoms with Gasteiger partial charge in [-0.15, -0.1) is 0 Å². The number of aryl methyl sites for hydroxylation is 1. The van der Waals surface area contributed by atoms with Gasteiger partial charge in [0, 0.05) is 49.2 Å². The Morgan fingerprint density at radius 1 is 1.38 bits per heavy atom. The first kappa shape index (κ1) is 14.1. The Morgan fingerprint density at radius 2 is 2.24 bits per heavy atom. The maximum absolute atomic E-state index is 12.2. The van der Waals surface area contributed by atoms with E-state index in [0.29, 0.717) is 18.4 Å². The number of aromatic nitrogens is 1. The van der Waals surface area contributed by atoms with Crippen LogP contribution in [-0.2, 0) is 11.2 Å². The Bertz CT molecular complexity index is 619. The van der Waals surface area contributed by atoms with Gasteiger partial charge in [0.1, 0.15) is 0 Å². The number of para-hydroxylation sites is 1. The third kappa shape index (κ3) is 3.27. The second-order valence-corrected chi connectivity index (χ2v) is 5.91. The largest absolute Gasteiger partial charge is 0.361 e. The zero-order valence-corrected chi connectivity index (χ0v) is 12.6. The maximum Gasteiger partial charge on any atom is 0.222 e. The van der Waals surface area contributed by atoms with Crippen molar-refractivity contribution in [3.8, 4) is 0 Å². The van der Waals surface area contributed by atoms with Gasteiger partial charge in [0.25, 0.3) is 0 Å². The summed E-state index contributed by atoms with van der Waals surface area (Å²) < 4.78 is 0. The topological polar surface area (TPSA) is 48.1 Å². The fraction of sp³-hybridized carbons (Fsp3) is 0.471. The molecule has 0 radical (unpaired) electrons. The number of hydrogen-bond acceptors (Lipinski definition) is 2. The summed E-state index contributed by atoms with van der Waals surface area (Å²) in [6.45, 7) is 4.73. The molecule has 3 rings (SSSR count). The summed E-state index contributed by atoms with van der Waals surface area (Å²) in [5.74, 6) is 0.295. The van der Waals surface area contributed by atoms with E-state index in [1.54, 1.807) is 0 Å². The Hall–Kier alpha value is -1.81. The van der Waals surface area contributed by atoms with Crippen LogP contribution in [0.5, 0.6) is 0 Å². The molecule has 1 atom stereocenters. The number of amides is 1. The van der Waals surface area contributed by atoms with Gasteiger partial charge in [-0.25, -0.2) is 0 Å². The van der Waals surface area contributed by atoms with Gasteiger partial charge in [-0.05, 0) is 31.4 Å². The minimum atomic E-state index is 0.295. The van der Waals surface area contributed by atoms with Crippen molar-refractivity contribution in [2.45, 2.75) is 32.2 Å². The normalized spacial score (nSPS) is 19.1. The molecule has 112 valence electrons. The highest BCUT2D eigenvalue weighted by Crippen LogP contribution is 2.19. The molecule has 1 aromatic heterocycles. The van der Waals surface area contributed by atoms with E-state index in [4.69, 9.17) is 0 Å². The van der Waals surface area contributed by atoms with Crippen LogP contribution >= 0.6 is 0 Å². The van der Waals surface area contributed by atoms with E-state index in [1.165, 1.54) is 16.5 Å². The molecule has 0 spiro atoms. The molecule has 4 heteroatoms. The summed E-state index contributed by atoms with van der Waals surface area (Å²) in [6.07, 6.45) is 4.59. The Balaban J connectivity index is 1.52. The highest BCUT2D eigenvalue weighted by Gasteiger charge is 2.19. The number of hydrogen-bond donors (Lipinski definition) is 2. The van der Waals surface area contributed by atoms with Gasteiger partial charge < -0.3 is 15.2 Å². The molecule has 0 aliphatic carbocycles. The van der Waals surface area contributed by atoms with Crippen LogP contribution in [-0.4, -0.2) is 41.5 Å². The van der Waals surface area contributed by atoms with Crippen molar-refractivity contribution < 1.29 is 4.79 Å². The van der Waals surface area contributed by atoms with Crippen LogP contribution in [0.3, 0.4) is 0 Å². The number of H-pyrrole nitrogens is 1. The molecule has 4 nitrogen and oxygen atoms in total. The predicted molar refractivity (Wildman–Crippen MR) is 85.3 cm³/mol. The highest BCUT2D eigenvalue weighted by molar-refractivity contribution is 5.83. The van der Waals surface area contributed by atoms with Crippen molar-refractivity contribution in [2.24, 2.45) is 0 Å². The number of rotatable bonds is 4. The number of fused-ring (bicyclic) bond motifs is 1. The lowest BCUT2D eigenvalue weighted by Crippen LogP contribution is -2.51. The molecule has 1 saturated heterocycles. The molecular formula is C17H23N3O. The van der Waals surface area contributed by atoms with Gasteiger partial charge in [-0.1, -0.05) is 18.2 Å². The number of aromatic amines is 1. The molecule has 1 fully saturated rings. The van der Waals surface area contributed by atoms with Crippen molar-refractivity contribution in [3.05, 3.63) is 36.0 Å². The molecule has 2 N–H and O–H groups in total. The van der Waals surface area contributed by atoms with Gasteiger partial charge in [-0.2, -0.15) is 0 Å². The molecule has 1 amide bonds. The molecule has 0 unspecified atom stereocenters. The number of piperazine rings is 1. The molecule has 1 aromatic carbocycles. The maximum atomic E-state index is 12.2. The average molecular weight is 285 g/mol. The lowest BCUT2D eigenvalue weighted by Gasteiger charge is -2.32. The summed E-state index contributed by atoms with van der Waals surface area (Å²) in [5.41, 5.74) is 2.49. The van der Waals surface area contributed by atoms with Gasteiger partial charge in [0.2, 0.25) is 5.91 Å². The standard InChI is InChI=1S/C17H23N3O/c1-13-12-20(10-9-18-13)17(21)8-4-5-14-11-19-16-7-3-2-6-15(14)16/h2-3,6-7,11,13,18-19H,4-5,8-10,12H2,1H3/t13-/m0/s1. The second kappa shape index (κ2) is 6.31. The molecule has 1 aliphatic heterocycles. The van der Waals surface area contributed by atoms with E-state index in [9.17, 15) is 4.79 Å². The fourth-order valence-corrected chi connectivity index (χ4v) is 3.09. The summed E-state index contributed by atoms with van der Waals surface area (Å²) in [6, 6.07) is 8.74. The van der Waals surface area contributed by atoms with Crippen LogP contribution in [0.2, 0.25) is 0 Å². The van der Waals surface area contributed by atoms with Gasteiger partial charge in [0.05, 0.1) is 0 Å². The monoisotopic (exact) mass is 285 g/mol. The van der Waals surface area contributed by atoms with Crippen molar-refractivity contribution in [1.29, 1.82) is 0 Å². The first-order chi connectivity index (χ1) is 10.2. The summed E-state index contributed by atoms with van der Waals surface area (Å²) in [7, 11) is 0. The predicted octanol–water partition coefficient (Wildman–Crippen LogP) is 2.31. The van der Waals surface area contributed by atoms with E-state index >= 15 is 0 Å². The third-order valence-electron chi connectivity index (χ3n) is 4.23. The second-order valence-electron chi connectivity index (χ2n) is 5.91. The van der Waals surface area contributed by atoms with E-state index in [-0.39, 0.29) is 0 Å². The van der Waals surface area contributed by atoms with Gasteiger partial charge in [-0.3, -0.25) is 4.79 Å². The molecule has 2 aromatic rings. The van der Waals surface area contributed by atoms with Crippen LogP contribution < -0.4 is 5.32 Å². The van der Waals surface area contributed by atoms with E-state index in [2.05, 4.69) is 41.6 Å². The summed E-state index contributed by atoms with van der Waals surface area (Å²) >= 11 is 0. The van der Waals surface area contributed by atoms with Crippen molar-refractivity contribution in [3.63, 3.8) is 0 Å². The SMILES string of the molecule is C[C@H]1CN(C(=O)CCCc2c[nH]c3ccccc23)CCN1. The molecule has 2 heterocycles. The minimum absolute atomic E-state index is 0.295. The summed E-state index contributed by atoms with van der Waals surface area (Å²) in [4.78, 5) is 17.5. The average Bonchev–Trinajstić information content (AvgIpc) is 2.91. The lowest BCUT2D eigenvalue weighted by atomic mass is 10.1. The molecule has 1 aliphatic rings. The number of benzene rings is 1. The highest BCUT2D eigenvalue weighted by atomic mass is 16.2. The van der Waals surface area contributed by atoms with Crippen molar-refractivity contribution in [2.75, 3.05) is 19.6 Å². The van der Waals surface area contributed by atoms with E-state index in [0.717, 1.165) is 32.5 Å². The Kier molecular flexibility index (Phi) is 4.25. The molecule has 0 saturated carbocycles. The Morgan fingerprint density at radius 3 is 3.10 bits per heavy atom. The molecular weight excluding hydrogens is 262 g/mol. The number of nitrogens with zero attached hydrogens (tertiary/aromatic N) is 1. The smallest absolute Gasteiger partial charge is 0.222 e. The number of carbonyl (C=O) groups is 1. The fourth-order valence-electron chi connectivity index (χ4n) is 3.09. The zero-order chi connectivity index (χ0) is 14.7. The minimum Gasteiger partial charge on any atom is -0.361 e. The molecule has 0 bridgehead atoms. The van der Waals surface area contributed by atoms with E-state index < -0.39 is 0 Å². The van der Waals surface area contributed by atoms with Crippen molar-refractivity contribution in [1.82, 2.24) is 15.2 Å².